The zero-order valence-electron chi connectivity index (χ0n) is 15.3. The quantitative estimate of drug-likeness (QED) is 0.700. The van der Waals surface area contributed by atoms with Crippen LogP contribution < -0.4 is 10.6 Å². The van der Waals surface area contributed by atoms with Crippen molar-refractivity contribution in [2.75, 3.05) is 33.8 Å². The summed E-state index contributed by atoms with van der Waals surface area (Å²) in [7, 11) is 2.91. The highest BCUT2D eigenvalue weighted by atomic mass is 16.6. The predicted molar refractivity (Wildman–Crippen MR) is 98.7 cm³/mol. The average Bonchev–Trinajstić information content (AvgIpc) is 3.16. The molecule has 1 heterocycles. The molecular formula is C18H23N5O4. The summed E-state index contributed by atoms with van der Waals surface area (Å²) in [5.41, 5.74) is 1.82. The van der Waals surface area contributed by atoms with Crippen LogP contribution in [0.15, 0.2) is 42.9 Å². The molecule has 2 N–H and O–H groups in total. The first-order valence-electron chi connectivity index (χ1n) is 8.43. The van der Waals surface area contributed by atoms with Crippen molar-refractivity contribution in [2.45, 2.75) is 6.54 Å². The minimum absolute atomic E-state index is 0.0847. The molecule has 1 aromatic carbocycles. The van der Waals surface area contributed by atoms with Crippen LogP contribution in [0.25, 0.3) is 11.3 Å². The highest BCUT2D eigenvalue weighted by molar-refractivity contribution is 5.86. The Labute approximate surface area is 157 Å². The van der Waals surface area contributed by atoms with E-state index in [4.69, 9.17) is 4.74 Å². The van der Waals surface area contributed by atoms with Crippen LogP contribution in [0, 0.1) is 0 Å². The summed E-state index contributed by atoms with van der Waals surface area (Å²) in [6, 6.07) is 9.72. The smallest absolute Gasteiger partial charge is 0.410 e. The standard InChI is InChI=1S/C18H23N5O4/c1-19-16(24)11-23(12-17(25)20-2)18(26)27-9-8-22-10-15(21-13-22)14-6-4-3-5-7-14/h3-7,10,13H,8-9,11-12H2,1-2H3,(H,19,24)(H,20,25). The third-order valence-corrected chi connectivity index (χ3v) is 3.76. The van der Waals surface area contributed by atoms with Gasteiger partial charge in [0.25, 0.3) is 0 Å². The number of carbonyl (C=O) groups is 3. The molecule has 144 valence electrons. The maximum Gasteiger partial charge on any atom is 0.410 e. The second-order valence-corrected chi connectivity index (χ2v) is 5.68. The molecule has 0 saturated heterocycles. The first-order chi connectivity index (χ1) is 13.0. The van der Waals surface area contributed by atoms with Crippen molar-refractivity contribution in [3.63, 3.8) is 0 Å². The van der Waals surface area contributed by atoms with E-state index in [0.29, 0.717) is 6.54 Å². The minimum atomic E-state index is -0.731. The van der Waals surface area contributed by atoms with Crippen LogP contribution in [0.5, 0.6) is 0 Å². The fourth-order valence-electron chi connectivity index (χ4n) is 2.26. The summed E-state index contributed by atoms with van der Waals surface area (Å²) >= 11 is 0. The van der Waals surface area contributed by atoms with Gasteiger partial charge < -0.3 is 19.9 Å². The van der Waals surface area contributed by atoms with Crippen LogP contribution >= 0.6 is 0 Å². The summed E-state index contributed by atoms with van der Waals surface area (Å²) in [4.78, 5) is 40.6. The number of carbonyl (C=O) groups excluding carboxylic acids is 3. The van der Waals surface area contributed by atoms with Gasteiger partial charge in [0.1, 0.15) is 19.7 Å². The van der Waals surface area contributed by atoms with Gasteiger partial charge in [0.15, 0.2) is 0 Å². The fourth-order valence-corrected chi connectivity index (χ4v) is 2.26. The number of ether oxygens (including phenoxy) is 1. The lowest BCUT2D eigenvalue weighted by molar-refractivity contribution is -0.124. The molecule has 0 radical (unpaired) electrons. The monoisotopic (exact) mass is 373 g/mol. The summed E-state index contributed by atoms with van der Waals surface area (Å²) in [6.07, 6.45) is 2.78. The zero-order valence-corrected chi connectivity index (χ0v) is 15.3. The number of aromatic nitrogens is 2. The third-order valence-electron chi connectivity index (χ3n) is 3.76. The zero-order chi connectivity index (χ0) is 19.6. The van der Waals surface area contributed by atoms with Crippen LogP contribution in [-0.2, 0) is 20.9 Å². The lowest BCUT2D eigenvalue weighted by Crippen LogP contribution is -2.45. The summed E-state index contributed by atoms with van der Waals surface area (Å²) in [5, 5.41) is 4.82. The molecule has 1 aromatic heterocycles. The largest absolute Gasteiger partial charge is 0.447 e. The second kappa shape index (κ2) is 9.95. The topological polar surface area (TPSA) is 106 Å². The number of hydrogen-bond acceptors (Lipinski definition) is 5. The number of nitrogens with one attached hydrogen (secondary N) is 2. The van der Waals surface area contributed by atoms with Crippen molar-refractivity contribution in [2.24, 2.45) is 0 Å². The van der Waals surface area contributed by atoms with Gasteiger partial charge in [-0.3, -0.25) is 14.5 Å². The van der Waals surface area contributed by atoms with Gasteiger partial charge in [0, 0.05) is 25.9 Å². The van der Waals surface area contributed by atoms with Crippen molar-refractivity contribution in [3.05, 3.63) is 42.9 Å². The van der Waals surface area contributed by atoms with E-state index in [1.54, 1.807) is 10.9 Å². The Bertz CT molecular complexity index is 757. The van der Waals surface area contributed by atoms with E-state index in [9.17, 15) is 14.4 Å². The maximum absolute atomic E-state index is 12.2. The van der Waals surface area contributed by atoms with Gasteiger partial charge in [-0.15, -0.1) is 0 Å². The van der Waals surface area contributed by atoms with Crippen LogP contribution in [0.3, 0.4) is 0 Å². The van der Waals surface area contributed by atoms with Gasteiger partial charge in [-0.2, -0.15) is 0 Å². The molecule has 9 nitrogen and oxygen atoms in total. The molecule has 0 aliphatic heterocycles. The highest BCUT2D eigenvalue weighted by Gasteiger charge is 2.20. The van der Waals surface area contributed by atoms with E-state index in [0.717, 1.165) is 16.2 Å². The van der Waals surface area contributed by atoms with Crippen molar-refractivity contribution in [1.29, 1.82) is 0 Å². The van der Waals surface area contributed by atoms with Crippen LogP contribution in [0.4, 0.5) is 4.79 Å². The van der Waals surface area contributed by atoms with E-state index >= 15 is 0 Å². The van der Waals surface area contributed by atoms with Gasteiger partial charge in [-0.25, -0.2) is 9.78 Å². The second-order valence-electron chi connectivity index (χ2n) is 5.68. The molecule has 2 rings (SSSR count). The Kier molecular flexibility index (Phi) is 7.36. The van der Waals surface area contributed by atoms with E-state index < -0.39 is 17.9 Å². The molecule has 0 aliphatic rings. The number of nitrogens with zero attached hydrogens (tertiary/aromatic N) is 3. The van der Waals surface area contributed by atoms with Crippen molar-refractivity contribution in [3.8, 4) is 11.3 Å². The third kappa shape index (κ3) is 6.14. The Hall–Kier alpha value is -3.36. The predicted octanol–water partition coefficient (Wildman–Crippen LogP) is 0.481. The summed E-state index contributed by atoms with van der Waals surface area (Å²) in [6.45, 7) is -0.0290. The number of benzene rings is 1. The number of hydrogen-bond donors (Lipinski definition) is 2. The number of amides is 3. The van der Waals surface area contributed by atoms with Crippen molar-refractivity contribution in [1.82, 2.24) is 25.1 Å². The molecule has 27 heavy (non-hydrogen) atoms. The molecule has 0 atom stereocenters. The van der Waals surface area contributed by atoms with Crippen LogP contribution in [0.2, 0.25) is 0 Å². The van der Waals surface area contributed by atoms with Gasteiger partial charge in [-0.05, 0) is 0 Å². The van der Waals surface area contributed by atoms with Gasteiger partial charge in [0.2, 0.25) is 11.8 Å². The molecular weight excluding hydrogens is 350 g/mol. The van der Waals surface area contributed by atoms with Gasteiger partial charge in [0.05, 0.1) is 18.6 Å². The lowest BCUT2D eigenvalue weighted by atomic mass is 10.2. The first kappa shape index (κ1) is 20.0. The molecule has 0 saturated carbocycles. The van der Waals surface area contributed by atoms with E-state index in [1.165, 1.54) is 14.1 Å². The normalized spacial score (nSPS) is 10.1. The molecule has 0 spiro atoms. The molecule has 0 fully saturated rings. The lowest BCUT2D eigenvalue weighted by Gasteiger charge is -2.20. The molecule has 0 unspecified atom stereocenters. The maximum atomic E-state index is 12.2. The van der Waals surface area contributed by atoms with E-state index in [-0.39, 0.29) is 19.7 Å². The molecule has 9 heteroatoms. The molecule has 0 bridgehead atoms. The fraction of sp³-hybridized carbons (Fsp3) is 0.333. The van der Waals surface area contributed by atoms with Crippen LogP contribution in [-0.4, -0.2) is 66.2 Å². The van der Waals surface area contributed by atoms with E-state index in [1.807, 2.05) is 36.5 Å². The minimum Gasteiger partial charge on any atom is -0.447 e. The summed E-state index contributed by atoms with van der Waals surface area (Å²) in [5.74, 6) is -0.782. The van der Waals surface area contributed by atoms with Crippen molar-refractivity contribution < 1.29 is 19.1 Å². The molecule has 3 amide bonds. The number of likely N-dealkylation sites (N-methyl/N-ethyl adjacent to an activating group) is 2. The Morgan fingerprint density at radius 1 is 1.07 bits per heavy atom. The summed E-state index contributed by atoms with van der Waals surface area (Å²) < 4.78 is 7.00. The molecule has 0 aliphatic carbocycles. The SMILES string of the molecule is CNC(=O)CN(CC(=O)NC)C(=O)OCCn1cnc(-c2ccccc2)c1. The number of rotatable bonds is 8. The first-order valence-corrected chi connectivity index (χ1v) is 8.43. The number of imidazole rings is 1. The van der Waals surface area contributed by atoms with Gasteiger partial charge in [-0.1, -0.05) is 30.3 Å². The highest BCUT2D eigenvalue weighted by Crippen LogP contribution is 2.15. The Morgan fingerprint density at radius 3 is 2.30 bits per heavy atom. The molecule has 2 aromatic rings. The Morgan fingerprint density at radius 2 is 1.70 bits per heavy atom. The Balaban J connectivity index is 1.88. The average molecular weight is 373 g/mol. The van der Waals surface area contributed by atoms with E-state index in [2.05, 4.69) is 15.6 Å². The van der Waals surface area contributed by atoms with Crippen molar-refractivity contribution >= 4 is 17.9 Å². The van der Waals surface area contributed by atoms with Crippen LogP contribution in [0.1, 0.15) is 0 Å². The van der Waals surface area contributed by atoms with Gasteiger partial charge >= 0.3 is 6.09 Å².